The molecule has 0 aromatic heterocycles. The van der Waals surface area contributed by atoms with Gasteiger partial charge in [-0.2, -0.15) is 0 Å². The van der Waals surface area contributed by atoms with E-state index in [0.29, 0.717) is 5.92 Å². The Kier molecular flexibility index (Phi) is 4.97. The van der Waals surface area contributed by atoms with E-state index in [4.69, 9.17) is 4.74 Å². The summed E-state index contributed by atoms with van der Waals surface area (Å²) in [4.78, 5) is 12.7. The maximum atomic E-state index is 12.7. The highest BCUT2D eigenvalue weighted by Gasteiger charge is 2.38. The number of hydrogen-bond acceptors (Lipinski definition) is 2. The molecule has 2 atom stereocenters. The number of benzene rings is 1. The van der Waals surface area contributed by atoms with E-state index in [2.05, 4.69) is 6.08 Å². The van der Waals surface area contributed by atoms with E-state index in [1.54, 1.807) is 0 Å². The third-order valence-corrected chi connectivity index (χ3v) is 5.34. The molecule has 2 heteroatoms. The van der Waals surface area contributed by atoms with Crippen molar-refractivity contribution in [2.45, 2.75) is 57.5 Å². The Hall–Kier alpha value is -1.57. The minimum absolute atomic E-state index is 0.0400. The normalized spacial score (nSPS) is 28.7. The van der Waals surface area contributed by atoms with Crippen LogP contribution in [0.15, 0.2) is 42.5 Å². The molecule has 118 valence electrons. The van der Waals surface area contributed by atoms with E-state index >= 15 is 0 Å². The molecule has 3 fully saturated rings. The molecule has 2 nitrogen and oxygen atoms in total. The summed E-state index contributed by atoms with van der Waals surface area (Å²) in [6, 6.07) is 10.0. The zero-order valence-corrected chi connectivity index (χ0v) is 13.4. The fraction of sp³-hybridized carbons (Fsp3) is 0.550. The Labute approximate surface area is 133 Å². The van der Waals surface area contributed by atoms with Crippen molar-refractivity contribution < 1.29 is 9.53 Å². The monoisotopic (exact) mass is 298 g/mol. The number of fused-ring (bicyclic) bond motifs is 3. The summed E-state index contributed by atoms with van der Waals surface area (Å²) in [6.45, 7) is 1.99. The zero-order valence-electron chi connectivity index (χ0n) is 13.4. The summed E-state index contributed by atoms with van der Waals surface area (Å²) in [5.41, 5.74) is 1.06. The van der Waals surface area contributed by atoms with Gasteiger partial charge in [0.2, 0.25) is 0 Å². The topological polar surface area (TPSA) is 26.3 Å². The number of esters is 1. The van der Waals surface area contributed by atoms with Crippen molar-refractivity contribution in [1.29, 1.82) is 0 Å². The average Bonchev–Trinajstić information content (AvgIpc) is 2.57. The number of ether oxygens (including phenoxy) is 1. The molecule has 22 heavy (non-hydrogen) atoms. The van der Waals surface area contributed by atoms with Crippen molar-refractivity contribution in [2.75, 3.05) is 0 Å². The number of rotatable bonds is 5. The third-order valence-electron chi connectivity index (χ3n) is 5.34. The summed E-state index contributed by atoms with van der Waals surface area (Å²) < 4.78 is 5.97. The van der Waals surface area contributed by atoms with Gasteiger partial charge >= 0.3 is 5.97 Å². The van der Waals surface area contributed by atoms with Gasteiger partial charge in [0.15, 0.2) is 0 Å². The zero-order chi connectivity index (χ0) is 15.4. The first-order valence-corrected chi connectivity index (χ1v) is 8.64. The van der Waals surface area contributed by atoms with Crippen molar-refractivity contribution in [2.24, 2.45) is 11.8 Å². The molecule has 0 radical (unpaired) electrons. The second kappa shape index (κ2) is 7.13. The van der Waals surface area contributed by atoms with Crippen LogP contribution in [0.4, 0.5) is 0 Å². The van der Waals surface area contributed by atoms with Gasteiger partial charge in [-0.15, -0.1) is 0 Å². The minimum atomic E-state index is -0.169. The van der Waals surface area contributed by atoms with Crippen molar-refractivity contribution in [3.05, 3.63) is 48.0 Å². The Morgan fingerprint density at radius 1 is 1.23 bits per heavy atom. The Morgan fingerprint density at radius 3 is 2.55 bits per heavy atom. The third kappa shape index (κ3) is 3.43. The molecular weight excluding hydrogens is 272 g/mol. The van der Waals surface area contributed by atoms with Gasteiger partial charge in [0.25, 0.3) is 0 Å². The van der Waals surface area contributed by atoms with Gasteiger partial charge in [-0.1, -0.05) is 42.5 Å². The lowest BCUT2D eigenvalue weighted by Gasteiger charge is -2.42. The highest BCUT2D eigenvalue weighted by atomic mass is 16.5. The van der Waals surface area contributed by atoms with Crippen molar-refractivity contribution in [3.63, 3.8) is 0 Å². The molecule has 4 rings (SSSR count). The van der Waals surface area contributed by atoms with Crippen LogP contribution in [0.2, 0.25) is 0 Å². The van der Waals surface area contributed by atoms with E-state index in [1.807, 2.05) is 43.3 Å². The summed E-state index contributed by atoms with van der Waals surface area (Å²) in [5, 5.41) is 0. The Bertz CT molecular complexity index is 512. The largest absolute Gasteiger partial charge is 0.462 e. The van der Waals surface area contributed by atoms with Crippen LogP contribution >= 0.6 is 0 Å². The Morgan fingerprint density at radius 2 is 1.95 bits per heavy atom. The standard InChI is InChI=1S/C20H26O2/c1-2-3-9-18(16-7-5-4-6-8-16)20(21)22-19-14-15-10-12-17(19)13-11-15/h2-8,15,17-19H,9-14H2,1H3/b3-2+/t15?,17?,18-,19-/m0/s1. The number of hydrogen-bond donors (Lipinski definition) is 0. The molecular formula is C20H26O2. The van der Waals surface area contributed by atoms with Crippen LogP contribution in [0, 0.1) is 11.8 Å². The fourth-order valence-electron chi connectivity index (χ4n) is 4.02. The molecule has 0 aliphatic heterocycles. The number of carbonyl (C=O) groups excluding carboxylic acids is 1. The second-order valence-electron chi connectivity index (χ2n) is 6.76. The van der Waals surface area contributed by atoms with E-state index in [1.165, 1.54) is 25.7 Å². The molecule has 0 amide bonds. The van der Waals surface area contributed by atoms with Crippen LogP contribution in [-0.4, -0.2) is 12.1 Å². The number of allylic oxidation sites excluding steroid dienone is 2. The van der Waals surface area contributed by atoms with Gasteiger partial charge in [-0.05, 0) is 62.8 Å². The molecule has 1 aromatic rings. The summed E-state index contributed by atoms with van der Waals surface area (Å²) in [7, 11) is 0. The maximum absolute atomic E-state index is 12.7. The predicted octanol–water partition coefficient (Wildman–Crippen LogP) is 4.86. The van der Waals surface area contributed by atoms with E-state index in [-0.39, 0.29) is 18.0 Å². The highest BCUT2D eigenvalue weighted by Crippen LogP contribution is 2.43. The molecule has 0 N–H and O–H groups in total. The molecule has 0 spiro atoms. The van der Waals surface area contributed by atoms with Crippen molar-refractivity contribution >= 4 is 5.97 Å². The first kappa shape index (κ1) is 15.3. The van der Waals surface area contributed by atoms with E-state index in [9.17, 15) is 4.79 Å². The first-order valence-electron chi connectivity index (χ1n) is 8.64. The van der Waals surface area contributed by atoms with Gasteiger partial charge in [0, 0.05) is 0 Å². The molecule has 1 aromatic carbocycles. The Balaban J connectivity index is 1.69. The van der Waals surface area contributed by atoms with Gasteiger partial charge in [0.05, 0.1) is 5.92 Å². The van der Waals surface area contributed by atoms with Gasteiger partial charge in [-0.25, -0.2) is 0 Å². The quantitative estimate of drug-likeness (QED) is 0.573. The number of carbonyl (C=O) groups is 1. The van der Waals surface area contributed by atoms with Crippen molar-refractivity contribution in [1.82, 2.24) is 0 Å². The van der Waals surface area contributed by atoms with Gasteiger partial charge in [0.1, 0.15) is 6.10 Å². The van der Waals surface area contributed by atoms with E-state index < -0.39 is 0 Å². The predicted molar refractivity (Wildman–Crippen MR) is 88.6 cm³/mol. The molecule has 0 heterocycles. The lowest BCUT2D eigenvalue weighted by Crippen LogP contribution is -2.39. The van der Waals surface area contributed by atoms with Crippen LogP contribution < -0.4 is 0 Å². The minimum Gasteiger partial charge on any atom is -0.462 e. The summed E-state index contributed by atoms with van der Waals surface area (Å²) in [5.74, 6) is 1.18. The van der Waals surface area contributed by atoms with Crippen molar-refractivity contribution in [3.8, 4) is 0 Å². The lowest BCUT2D eigenvalue weighted by atomic mass is 9.69. The van der Waals surface area contributed by atoms with Crippen LogP contribution in [0.3, 0.4) is 0 Å². The molecule has 0 unspecified atom stereocenters. The molecule has 3 saturated carbocycles. The van der Waals surface area contributed by atoms with Gasteiger partial charge in [-0.3, -0.25) is 4.79 Å². The molecule has 2 bridgehead atoms. The molecule has 3 aliphatic rings. The fourth-order valence-corrected chi connectivity index (χ4v) is 4.02. The summed E-state index contributed by atoms with van der Waals surface area (Å²) >= 11 is 0. The highest BCUT2D eigenvalue weighted by molar-refractivity contribution is 5.78. The van der Waals surface area contributed by atoms with E-state index in [0.717, 1.165) is 24.3 Å². The average molecular weight is 298 g/mol. The van der Waals surface area contributed by atoms with Crippen LogP contribution in [-0.2, 0) is 9.53 Å². The summed E-state index contributed by atoms with van der Waals surface area (Å²) in [6.07, 6.45) is 11.2. The smallest absolute Gasteiger partial charge is 0.314 e. The molecule has 0 saturated heterocycles. The van der Waals surface area contributed by atoms with Crippen LogP contribution in [0.1, 0.15) is 56.9 Å². The molecule has 3 aliphatic carbocycles. The van der Waals surface area contributed by atoms with Crippen LogP contribution in [0.25, 0.3) is 0 Å². The van der Waals surface area contributed by atoms with Gasteiger partial charge < -0.3 is 4.74 Å². The van der Waals surface area contributed by atoms with Crippen LogP contribution in [0.5, 0.6) is 0 Å². The lowest BCUT2D eigenvalue weighted by molar-refractivity contribution is -0.159. The maximum Gasteiger partial charge on any atom is 0.314 e. The SMILES string of the molecule is C/C=C/C[C@H](C(=O)O[C@H]1CC2CCC1CC2)c1ccccc1. The second-order valence-corrected chi connectivity index (χ2v) is 6.76. The first-order chi connectivity index (χ1) is 10.8.